The molecule has 10 rings (SSSR count). The highest BCUT2D eigenvalue weighted by Gasteiger charge is 2.41. The van der Waals surface area contributed by atoms with E-state index in [0.717, 1.165) is 0 Å². The van der Waals surface area contributed by atoms with E-state index in [9.17, 15) is 0 Å². The summed E-state index contributed by atoms with van der Waals surface area (Å²) in [5.41, 5.74) is 14.8. The Balaban J connectivity index is 1.12. The van der Waals surface area contributed by atoms with Crippen LogP contribution in [0.25, 0.3) is 60.9 Å². The van der Waals surface area contributed by atoms with Crippen LogP contribution in [-0.4, -0.2) is 15.4 Å². The first-order chi connectivity index (χ1) is 22.8. The van der Waals surface area contributed by atoms with Gasteiger partial charge in [-0.15, -0.1) is 9.14 Å². The zero-order valence-corrected chi connectivity index (χ0v) is 25.1. The van der Waals surface area contributed by atoms with E-state index < -0.39 is 0 Å². The molecule has 1 unspecified atom stereocenters. The quantitative estimate of drug-likeness (QED) is 0.182. The molecule has 2 aromatic heterocycles. The molecule has 3 nitrogen and oxygen atoms in total. The van der Waals surface area contributed by atoms with Crippen molar-refractivity contribution in [3.8, 4) is 39.1 Å². The van der Waals surface area contributed by atoms with E-state index in [1.807, 2.05) is 0 Å². The minimum absolute atomic E-state index is 0.0505. The lowest BCUT2D eigenvalue weighted by molar-refractivity contribution is -0.830. The zero-order chi connectivity index (χ0) is 30.2. The minimum atomic E-state index is 0.0505. The molecule has 2 aliphatic heterocycles. The van der Waals surface area contributed by atoms with Crippen LogP contribution < -0.4 is 4.57 Å². The summed E-state index contributed by atoms with van der Waals surface area (Å²) in [5.74, 6) is 0. The van der Waals surface area contributed by atoms with Crippen LogP contribution in [0.5, 0.6) is 0 Å². The van der Waals surface area contributed by atoms with Crippen molar-refractivity contribution >= 4 is 33.7 Å². The van der Waals surface area contributed by atoms with Crippen molar-refractivity contribution in [2.24, 2.45) is 0 Å². The molecule has 0 saturated heterocycles. The van der Waals surface area contributed by atoms with Crippen molar-refractivity contribution in [1.82, 2.24) is 4.57 Å². The van der Waals surface area contributed by atoms with Gasteiger partial charge in [-0.05, 0) is 58.7 Å². The molecule has 0 amide bonds. The summed E-state index contributed by atoms with van der Waals surface area (Å²) in [6.07, 6.45) is 4.48. The normalized spacial score (nSPS) is 14.4. The smallest absolute Gasteiger partial charge is 0.308 e. The van der Waals surface area contributed by atoms with Crippen molar-refractivity contribution < 1.29 is 9.14 Å². The van der Waals surface area contributed by atoms with Gasteiger partial charge in [-0.2, -0.15) is 0 Å². The summed E-state index contributed by atoms with van der Waals surface area (Å²) in [7, 11) is 0. The Kier molecular flexibility index (Phi) is 5.34. The monoisotopic (exact) mass is 587 g/mol. The maximum atomic E-state index is 2.48. The first kappa shape index (κ1) is 25.3. The molecule has 2 aliphatic rings. The second kappa shape index (κ2) is 9.72. The largest absolute Gasteiger partial charge is 0.380 e. The average Bonchev–Trinajstić information content (AvgIpc) is 3.65. The molecular formula is C43H29N3+2. The summed E-state index contributed by atoms with van der Waals surface area (Å²) in [4.78, 5) is 0. The van der Waals surface area contributed by atoms with Crippen LogP contribution in [0.2, 0.25) is 0 Å². The molecule has 1 atom stereocenters. The van der Waals surface area contributed by atoms with Gasteiger partial charge in [0.05, 0.1) is 22.3 Å². The predicted octanol–water partition coefficient (Wildman–Crippen LogP) is 9.71. The van der Waals surface area contributed by atoms with Crippen molar-refractivity contribution in [3.05, 3.63) is 175 Å². The first-order valence-corrected chi connectivity index (χ1v) is 15.9. The Labute approximate surface area is 267 Å². The summed E-state index contributed by atoms with van der Waals surface area (Å²) in [6, 6.07) is 57.6. The van der Waals surface area contributed by atoms with Gasteiger partial charge in [0.25, 0.3) is 5.69 Å². The topological polar surface area (TPSA) is 11.8 Å². The van der Waals surface area contributed by atoms with E-state index in [1.54, 1.807) is 0 Å². The van der Waals surface area contributed by atoms with Crippen molar-refractivity contribution in [3.63, 3.8) is 0 Å². The van der Waals surface area contributed by atoms with E-state index in [1.165, 1.54) is 77.8 Å². The standard InChI is InChI=1S/C43H29N3/c1-2-11-32(12-3-1)45-28-33-13-8-9-26-44(33)43(45)30-22-20-29(21-23-30)31-24-25-41-39(27-31)35-15-5-4-14-34(35)37-17-10-18-38-36-16-6-7-19-40(36)46(41)42(37)38/h1-28,43H/q+2. The van der Waals surface area contributed by atoms with Crippen molar-refractivity contribution in [2.45, 2.75) is 6.17 Å². The number of fused-ring (bicyclic) bond motifs is 9. The van der Waals surface area contributed by atoms with Crippen molar-refractivity contribution in [2.75, 3.05) is 0 Å². The third-order valence-corrected chi connectivity index (χ3v) is 9.76. The number of benzene rings is 6. The van der Waals surface area contributed by atoms with Gasteiger partial charge in [0, 0.05) is 46.2 Å². The zero-order valence-electron chi connectivity index (χ0n) is 25.1. The van der Waals surface area contributed by atoms with Gasteiger partial charge in [0.2, 0.25) is 11.9 Å². The first-order valence-electron chi connectivity index (χ1n) is 15.9. The highest BCUT2D eigenvalue weighted by Crippen LogP contribution is 2.47. The Morgan fingerprint density at radius 1 is 0.500 bits per heavy atom. The van der Waals surface area contributed by atoms with Gasteiger partial charge in [-0.3, -0.25) is 0 Å². The average molecular weight is 588 g/mol. The van der Waals surface area contributed by atoms with Gasteiger partial charge in [-0.25, -0.2) is 0 Å². The van der Waals surface area contributed by atoms with E-state index in [-0.39, 0.29) is 6.17 Å². The van der Waals surface area contributed by atoms with Gasteiger partial charge < -0.3 is 4.57 Å². The molecule has 214 valence electrons. The van der Waals surface area contributed by atoms with Crippen LogP contribution in [0, 0.1) is 0 Å². The summed E-state index contributed by atoms with van der Waals surface area (Å²) in [5, 5.41) is 2.58. The predicted molar refractivity (Wildman–Crippen MR) is 187 cm³/mol. The molecule has 46 heavy (non-hydrogen) atoms. The van der Waals surface area contributed by atoms with Gasteiger partial charge >= 0.3 is 6.17 Å². The summed E-state index contributed by atoms with van der Waals surface area (Å²) < 4.78 is 7.19. The van der Waals surface area contributed by atoms with Crippen LogP contribution in [0.4, 0.5) is 5.69 Å². The Hall–Kier alpha value is -6.06. The highest BCUT2D eigenvalue weighted by molar-refractivity contribution is 6.16. The Bertz CT molecular complexity index is 2520. The molecule has 0 spiro atoms. The van der Waals surface area contributed by atoms with Crippen LogP contribution >= 0.6 is 0 Å². The molecular weight excluding hydrogens is 558 g/mol. The van der Waals surface area contributed by atoms with E-state index in [0.29, 0.717) is 0 Å². The van der Waals surface area contributed by atoms with E-state index in [2.05, 4.69) is 184 Å². The number of hydrogen-bond donors (Lipinski definition) is 0. The van der Waals surface area contributed by atoms with Gasteiger partial charge in [-0.1, -0.05) is 97.1 Å². The molecule has 0 fully saturated rings. The van der Waals surface area contributed by atoms with Crippen LogP contribution in [0.3, 0.4) is 0 Å². The van der Waals surface area contributed by atoms with Gasteiger partial charge in [0.15, 0.2) is 6.20 Å². The SMILES string of the molecule is C1=[N+](c2ccccc2)C(c2ccc(-c3ccc4c(c3)-c3ccccc3-c3cccc5c6ccccc6n-4c35)cc2)[n+]2ccccc21. The highest BCUT2D eigenvalue weighted by atomic mass is 15.3. The van der Waals surface area contributed by atoms with E-state index >= 15 is 0 Å². The number of para-hydroxylation sites is 3. The fourth-order valence-corrected chi connectivity index (χ4v) is 7.70. The third-order valence-electron chi connectivity index (χ3n) is 9.76. The lowest BCUT2D eigenvalue weighted by Gasteiger charge is -2.15. The fraction of sp³-hybridized carbons (Fsp3) is 0.0233. The summed E-state index contributed by atoms with van der Waals surface area (Å²) >= 11 is 0. The molecule has 0 radical (unpaired) electrons. The second-order valence-corrected chi connectivity index (χ2v) is 12.2. The molecule has 0 bridgehead atoms. The molecule has 3 heteroatoms. The van der Waals surface area contributed by atoms with Gasteiger partial charge in [0.1, 0.15) is 0 Å². The number of pyridine rings is 1. The summed E-state index contributed by atoms with van der Waals surface area (Å²) in [6.45, 7) is 0. The van der Waals surface area contributed by atoms with Crippen molar-refractivity contribution in [1.29, 1.82) is 0 Å². The molecule has 6 aromatic carbocycles. The second-order valence-electron chi connectivity index (χ2n) is 12.2. The number of aromatic nitrogens is 2. The lowest BCUT2D eigenvalue weighted by atomic mass is 9.91. The number of nitrogens with zero attached hydrogens (tertiary/aromatic N) is 3. The molecule has 0 saturated carbocycles. The number of hydrogen-bond acceptors (Lipinski definition) is 0. The molecule has 0 aliphatic carbocycles. The Morgan fingerprint density at radius 3 is 2.07 bits per heavy atom. The molecule has 4 heterocycles. The number of rotatable bonds is 3. The fourth-order valence-electron chi connectivity index (χ4n) is 7.70. The molecule has 8 aromatic rings. The minimum Gasteiger partial charge on any atom is -0.308 e. The van der Waals surface area contributed by atoms with Crippen LogP contribution in [-0.2, 0) is 0 Å². The van der Waals surface area contributed by atoms with Crippen LogP contribution in [0.15, 0.2) is 164 Å². The Morgan fingerprint density at radius 2 is 1.20 bits per heavy atom. The maximum Gasteiger partial charge on any atom is 0.380 e. The maximum absolute atomic E-state index is 2.48. The van der Waals surface area contributed by atoms with Crippen LogP contribution in [0.1, 0.15) is 17.4 Å². The molecule has 0 N–H and O–H groups in total. The third kappa shape index (κ3) is 3.60. The lowest BCUT2D eigenvalue weighted by Crippen LogP contribution is -2.42. The van der Waals surface area contributed by atoms with E-state index in [4.69, 9.17) is 0 Å².